The zero-order valence-electron chi connectivity index (χ0n) is 14.2. The van der Waals surface area contributed by atoms with Crippen LogP contribution >= 0.6 is 0 Å². The Bertz CT molecular complexity index is 672. The van der Waals surface area contributed by atoms with Crippen LogP contribution in [0.5, 0.6) is 0 Å². The van der Waals surface area contributed by atoms with E-state index in [9.17, 15) is 0 Å². The highest BCUT2D eigenvalue weighted by Crippen LogP contribution is 2.34. The average Bonchev–Trinajstić information content (AvgIpc) is 2.78. The van der Waals surface area contributed by atoms with Crippen LogP contribution in [0, 0.1) is 13.8 Å². The molecule has 1 saturated carbocycles. The van der Waals surface area contributed by atoms with E-state index in [1.54, 1.807) is 6.33 Å². The van der Waals surface area contributed by atoms with Gasteiger partial charge in [-0.3, -0.25) is 4.68 Å². The van der Waals surface area contributed by atoms with Crippen molar-refractivity contribution in [3.63, 3.8) is 0 Å². The third-order valence-corrected chi connectivity index (χ3v) is 4.80. The van der Waals surface area contributed by atoms with Crippen molar-refractivity contribution in [3.05, 3.63) is 35.0 Å². The van der Waals surface area contributed by atoms with Crippen LogP contribution in [0.1, 0.15) is 48.3 Å². The maximum atomic E-state index is 5.86. The predicted octanol–water partition coefficient (Wildman–Crippen LogP) is 2.17. The van der Waals surface area contributed by atoms with Gasteiger partial charge in [-0.2, -0.15) is 5.10 Å². The number of anilines is 1. The first kappa shape index (κ1) is 15.9. The van der Waals surface area contributed by atoms with Crippen LogP contribution in [0.3, 0.4) is 0 Å². The van der Waals surface area contributed by atoms with Crippen LogP contribution in [0.25, 0.3) is 0 Å². The largest absolute Gasteiger partial charge is 0.368 e. The molecule has 3 N–H and O–H groups in total. The summed E-state index contributed by atoms with van der Waals surface area (Å²) < 4.78 is 2.08. The van der Waals surface area contributed by atoms with Gasteiger partial charge < -0.3 is 11.1 Å². The lowest BCUT2D eigenvalue weighted by molar-refractivity contribution is 0.345. The Balaban J connectivity index is 1.58. The SMILES string of the molecule is CCc1c(C)nn(CCNc2cc(C3CC(N)C3)ncn2)c1C. The van der Waals surface area contributed by atoms with Crippen molar-refractivity contribution in [3.8, 4) is 0 Å². The van der Waals surface area contributed by atoms with Gasteiger partial charge in [0.05, 0.1) is 12.2 Å². The molecule has 0 spiro atoms. The Morgan fingerprint density at radius 3 is 2.74 bits per heavy atom. The van der Waals surface area contributed by atoms with E-state index in [-0.39, 0.29) is 0 Å². The molecule has 1 fully saturated rings. The second kappa shape index (κ2) is 6.66. The molecule has 0 saturated heterocycles. The maximum Gasteiger partial charge on any atom is 0.129 e. The van der Waals surface area contributed by atoms with Crippen LogP contribution in [0.15, 0.2) is 12.4 Å². The van der Waals surface area contributed by atoms with E-state index in [0.29, 0.717) is 12.0 Å². The fraction of sp³-hybridized carbons (Fsp3) is 0.588. The number of aromatic nitrogens is 4. The van der Waals surface area contributed by atoms with Gasteiger partial charge in [-0.25, -0.2) is 9.97 Å². The van der Waals surface area contributed by atoms with E-state index in [0.717, 1.165) is 49.6 Å². The van der Waals surface area contributed by atoms with Crippen molar-refractivity contribution >= 4 is 5.82 Å². The molecule has 2 heterocycles. The fourth-order valence-corrected chi connectivity index (χ4v) is 3.35. The lowest BCUT2D eigenvalue weighted by Crippen LogP contribution is -2.35. The standard InChI is InChI=1S/C17H26N6/c1-4-15-11(2)22-23(12(15)3)6-5-19-17-9-16(20-10-21-17)13-7-14(18)8-13/h9-10,13-14H,4-8,18H2,1-3H3,(H,19,20,21). The second-order valence-electron chi connectivity index (χ2n) is 6.41. The molecule has 0 unspecified atom stereocenters. The van der Waals surface area contributed by atoms with E-state index >= 15 is 0 Å². The van der Waals surface area contributed by atoms with Crippen LogP contribution in [0.2, 0.25) is 0 Å². The summed E-state index contributed by atoms with van der Waals surface area (Å²) in [5, 5.41) is 8.00. The lowest BCUT2D eigenvalue weighted by Gasteiger charge is -2.31. The van der Waals surface area contributed by atoms with Crippen molar-refractivity contribution < 1.29 is 0 Å². The molecule has 0 bridgehead atoms. The number of aryl methyl sites for hydroxylation is 1. The normalized spacial score (nSPS) is 20.3. The summed E-state index contributed by atoms with van der Waals surface area (Å²) in [6.45, 7) is 8.03. The molecule has 0 atom stereocenters. The summed E-state index contributed by atoms with van der Waals surface area (Å²) in [5.41, 5.74) is 10.7. The monoisotopic (exact) mass is 314 g/mol. The minimum absolute atomic E-state index is 0.338. The Morgan fingerprint density at radius 1 is 1.30 bits per heavy atom. The van der Waals surface area contributed by atoms with Crippen molar-refractivity contribution in [1.82, 2.24) is 19.7 Å². The molecule has 124 valence electrons. The minimum atomic E-state index is 0.338. The molecule has 0 amide bonds. The summed E-state index contributed by atoms with van der Waals surface area (Å²) in [5.74, 6) is 1.38. The summed E-state index contributed by atoms with van der Waals surface area (Å²) >= 11 is 0. The van der Waals surface area contributed by atoms with Gasteiger partial charge in [-0.15, -0.1) is 0 Å². The highest BCUT2D eigenvalue weighted by molar-refractivity contribution is 5.36. The highest BCUT2D eigenvalue weighted by Gasteiger charge is 2.28. The zero-order valence-corrected chi connectivity index (χ0v) is 14.2. The Hall–Kier alpha value is -1.95. The van der Waals surface area contributed by atoms with Gasteiger partial charge in [-0.1, -0.05) is 6.92 Å². The van der Waals surface area contributed by atoms with Crippen LogP contribution in [-0.4, -0.2) is 32.3 Å². The number of nitrogens with one attached hydrogen (secondary N) is 1. The van der Waals surface area contributed by atoms with Gasteiger partial charge in [0, 0.05) is 36.0 Å². The van der Waals surface area contributed by atoms with Gasteiger partial charge in [0.15, 0.2) is 0 Å². The van der Waals surface area contributed by atoms with Crippen molar-refractivity contribution in [2.75, 3.05) is 11.9 Å². The third-order valence-electron chi connectivity index (χ3n) is 4.80. The van der Waals surface area contributed by atoms with Gasteiger partial charge in [-0.05, 0) is 38.7 Å². The van der Waals surface area contributed by atoms with Crippen LogP contribution < -0.4 is 11.1 Å². The van der Waals surface area contributed by atoms with Gasteiger partial charge in [0.1, 0.15) is 12.1 Å². The fourth-order valence-electron chi connectivity index (χ4n) is 3.35. The third kappa shape index (κ3) is 3.37. The maximum absolute atomic E-state index is 5.86. The van der Waals surface area contributed by atoms with Gasteiger partial charge >= 0.3 is 0 Å². The average molecular weight is 314 g/mol. The summed E-state index contributed by atoms with van der Waals surface area (Å²) in [7, 11) is 0. The molecule has 0 aromatic carbocycles. The van der Waals surface area contributed by atoms with Crippen LogP contribution in [0.4, 0.5) is 5.82 Å². The summed E-state index contributed by atoms with van der Waals surface area (Å²) in [6.07, 6.45) is 4.73. The number of nitrogens with two attached hydrogens (primary N) is 1. The molecule has 0 aliphatic heterocycles. The first-order valence-corrected chi connectivity index (χ1v) is 8.42. The number of nitrogens with zero attached hydrogens (tertiary/aromatic N) is 4. The summed E-state index contributed by atoms with van der Waals surface area (Å²) in [4.78, 5) is 8.69. The van der Waals surface area contributed by atoms with Crippen molar-refractivity contribution in [2.45, 2.75) is 58.5 Å². The topological polar surface area (TPSA) is 81.7 Å². The Labute approximate surface area is 137 Å². The lowest BCUT2D eigenvalue weighted by atomic mass is 9.79. The van der Waals surface area contributed by atoms with Crippen molar-refractivity contribution in [1.29, 1.82) is 0 Å². The quantitative estimate of drug-likeness (QED) is 0.854. The number of rotatable bonds is 6. The molecular weight excluding hydrogens is 288 g/mol. The highest BCUT2D eigenvalue weighted by atomic mass is 15.3. The molecule has 6 nitrogen and oxygen atoms in total. The molecule has 2 aromatic rings. The molecule has 0 radical (unpaired) electrons. The van der Waals surface area contributed by atoms with Gasteiger partial charge in [0.2, 0.25) is 0 Å². The van der Waals surface area contributed by atoms with E-state index < -0.39 is 0 Å². The molecule has 6 heteroatoms. The minimum Gasteiger partial charge on any atom is -0.368 e. The first-order valence-electron chi connectivity index (χ1n) is 8.42. The Kier molecular flexibility index (Phi) is 4.61. The van der Waals surface area contributed by atoms with Crippen LogP contribution in [-0.2, 0) is 13.0 Å². The molecule has 2 aromatic heterocycles. The zero-order chi connectivity index (χ0) is 16.4. The molecule has 3 rings (SSSR count). The number of hydrogen-bond donors (Lipinski definition) is 2. The van der Waals surface area contributed by atoms with E-state index in [4.69, 9.17) is 5.73 Å². The van der Waals surface area contributed by atoms with E-state index in [1.165, 1.54) is 11.3 Å². The van der Waals surface area contributed by atoms with Crippen molar-refractivity contribution in [2.24, 2.45) is 5.73 Å². The summed E-state index contributed by atoms with van der Waals surface area (Å²) in [6, 6.07) is 2.39. The second-order valence-corrected chi connectivity index (χ2v) is 6.41. The predicted molar refractivity (Wildman–Crippen MR) is 91.6 cm³/mol. The molecule has 1 aliphatic rings. The van der Waals surface area contributed by atoms with E-state index in [2.05, 4.69) is 51.9 Å². The molecule has 1 aliphatic carbocycles. The molecule has 23 heavy (non-hydrogen) atoms. The first-order chi connectivity index (χ1) is 11.1. The molecular formula is C17H26N6. The van der Waals surface area contributed by atoms with E-state index in [1.807, 2.05) is 0 Å². The van der Waals surface area contributed by atoms with Gasteiger partial charge in [0.25, 0.3) is 0 Å². The smallest absolute Gasteiger partial charge is 0.129 e. The Morgan fingerprint density at radius 2 is 2.09 bits per heavy atom. The number of hydrogen-bond acceptors (Lipinski definition) is 5.